The third-order valence-electron chi connectivity index (χ3n) is 4.86. The molecular weight excluding hydrogens is 330 g/mol. The molecule has 1 aromatic rings. The van der Waals surface area contributed by atoms with E-state index in [1.165, 1.54) is 0 Å². The summed E-state index contributed by atoms with van der Waals surface area (Å²) in [5.41, 5.74) is 1.45. The number of benzene rings is 1. The van der Waals surface area contributed by atoms with E-state index in [0.717, 1.165) is 50.6 Å². The minimum Gasteiger partial charge on any atom is -0.379 e. The maximum absolute atomic E-state index is 12.3. The minimum atomic E-state index is -0.222. The molecule has 2 aliphatic heterocycles. The molecule has 2 amide bonds. The van der Waals surface area contributed by atoms with Crippen LogP contribution in [0.2, 0.25) is 5.02 Å². The van der Waals surface area contributed by atoms with E-state index in [9.17, 15) is 4.79 Å². The molecule has 1 aromatic carbocycles. The van der Waals surface area contributed by atoms with E-state index in [0.29, 0.717) is 18.2 Å². The fourth-order valence-electron chi connectivity index (χ4n) is 3.29. The van der Waals surface area contributed by atoms with Crippen molar-refractivity contribution in [1.29, 1.82) is 0 Å². The molecule has 0 radical (unpaired) electrons. The van der Waals surface area contributed by atoms with Crippen LogP contribution in [0, 0.1) is 6.92 Å². The van der Waals surface area contributed by atoms with Gasteiger partial charge in [0, 0.05) is 37.0 Å². The Morgan fingerprint density at radius 3 is 2.79 bits per heavy atom. The van der Waals surface area contributed by atoms with Crippen LogP contribution in [0.1, 0.15) is 12.0 Å². The standard InChI is InChI=1S/C17H24ClN3O3/c1-13-14(18)3-2-4-15(13)20-16(22)19-11-17(5-8-24-12-17)21-6-9-23-10-7-21/h2-4H,5-12H2,1H3,(H2,19,20,22). The first kappa shape index (κ1) is 17.5. The van der Waals surface area contributed by atoms with E-state index in [2.05, 4.69) is 15.5 Å². The third kappa shape index (κ3) is 3.83. The quantitative estimate of drug-likeness (QED) is 0.871. The fraction of sp³-hybridized carbons (Fsp3) is 0.588. The van der Waals surface area contributed by atoms with Crippen LogP contribution in [0.15, 0.2) is 18.2 Å². The molecule has 132 valence electrons. The normalized spacial score (nSPS) is 24.8. The number of hydrogen-bond acceptors (Lipinski definition) is 4. The van der Waals surface area contributed by atoms with Gasteiger partial charge in [0.15, 0.2) is 0 Å². The Kier molecular flexibility index (Phi) is 5.61. The lowest BCUT2D eigenvalue weighted by Gasteiger charge is -2.42. The predicted molar refractivity (Wildman–Crippen MR) is 93.8 cm³/mol. The fourth-order valence-corrected chi connectivity index (χ4v) is 3.46. The van der Waals surface area contributed by atoms with Gasteiger partial charge in [-0.25, -0.2) is 4.79 Å². The molecule has 24 heavy (non-hydrogen) atoms. The second kappa shape index (κ2) is 7.70. The molecule has 2 saturated heterocycles. The zero-order chi connectivity index (χ0) is 17.0. The number of carbonyl (C=O) groups excluding carboxylic acids is 1. The average molecular weight is 354 g/mol. The Bertz CT molecular complexity index is 584. The SMILES string of the molecule is Cc1c(Cl)cccc1NC(=O)NCC1(N2CCOCC2)CCOC1. The van der Waals surface area contributed by atoms with Gasteiger partial charge in [-0.2, -0.15) is 0 Å². The maximum Gasteiger partial charge on any atom is 0.319 e. The third-order valence-corrected chi connectivity index (χ3v) is 5.27. The van der Waals surface area contributed by atoms with Crippen LogP contribution in [0.25, 0.3) is 0 Å². The first-order valence-corrected chi connectivity index (χ1v) is 8.69. The molecule has 2 N–H and O–H groups in total. The van der Waals surface area contributed by atoms with Gasteiger partial charge in [0.25, 0.3) is 0 Å². The Morgan fingerprint density at radius 1 is 1.29 bits per heavy atom. The first-order valence-electron chi connectivity index (χ1n) is 8.31. The number of anilines is 1. The van der Waals surface area contributed by atoms with Crippen LogP contribution in [0.3, 0.4) is 0 Å². The van der Waals surface area contributed by atoms with Crippen LogP contribution in [0.4, 0.5) is 10.5 Å². The summed E-state index contributed by atoms with van der Waals surface area (Å²) in [7, 11) is 0. The molecule has 2 heterocycles. The second-order valence-electron chi connectivity index (χ2n) is 6.35. The van der Waals surface area contributed by atoms with Crippen LogP contribution >= 0.6 is 11.6 Å². The van der Waals surface area contributed by atoms with Gasteiger partial charge in [0.1, 0.15) is 0 Å². The second-order valence-corrected chi connectivity index (χ2v) is 6.75. The summed E-state index contributed by atoms with van der Waals surface area (Å²) in [6.45, 7) is 7.03. The maximum atomic E-state index is 12.3. The zero-order valence-electron chi connectivity index (χ0n) is 13.9. The van der Waals surface area contributed by atoms with Gasteiger partial charge in [0.05, 0.1) is 25.4 Å². The summed E-state index contributed by atoms with van der Waals surface area (Å²) in [5, 5.41) is 6.52. The van der Waals surface area contributed by atoms with E-state index in [1.807, 2.05) is 25.1 Å². The van der Waals surface area contributed by atoms with Crippen LogP contribution < -0.4 is 10.6 Å². The number of ether oxygens (including phenoxy) is 2. The summed E-state index contributed by atoms with van der Waals surface area (Å²) in [6.07, 6.45) is 0.920. The molecule has 1 unspecified atom stereocenters. The van der Waals surface area contributed by atoms with Crippen LogP contribution in [-0.4, -0.2) is 62.5 Å². The van der Waals surface area contributed by atoms with Crippen molar-refractivity contribution in [3.8, 4) is 0 Å². The minimum absolute atomic E-state index is 0.134. The summed E-state index contributed by atoms with van der Waals surface area (Å²) < 4.78 is 11.1. The lowest BCUT2D eigenvalue weighted by atomic mass is 9.95. The lowest BCUT2D eigenvalue weighted by molar-refractivity contribution is -0.0245. The molecule has 0 saturated carbocycles. The lowest BCUT2D eigenvalue weighted by Crippen LogP contribution is -2.59. The van der Waals surface area contributed by atoms with Crippen molar-refractivity contribution in [2.45, 2.75) is 18.9 Å². The Balaban J connectivity index is 1.60. The molecule has 2 fully saturated rings. The molecule has 7 heteroatoms. The number of amides is 2. The molecule has 0 aliphatic carbocycles. The Morgan fingerprint density at radius 2 is 2.08 bits per heavy atom. The highest BCUT2D eigenvalue weighted by Gasteiger charge is 2.41. The number of nitrogens with one attached hydrogen (secondary N) is 2. The van der Waals surface area contributed by atoms with E-state index in [-0.39, 0.29) is 11.6 Å². The van der Waals surface area contributed by atoms with E-state index in [4.69, 9.17) is 21.1 Å². The highest BCUT2D eigenvalue weighted by molar-refractivity contribution is 6.31. The molecule has 0 aromatic heterocycles. The topological polar surface area (TPSA) is 62.8 Å². The van der Waals surface area contributed by atoms with Gasteiger partial charge in [-0.1, -0.05) is 17.7 Å². The van der Waals surface area contributed by atoms with E-state index in [1.54, 1.807) is 0 Å². The van der Waals surface area contributed by atoms with Crippen molar-refractivity contribution in [2.75, 3.05) is 51.4 Å². The largest absolute Gasteiger partial charge is 0.379 e. The Labute approximate surface area is 147 Å². The highest BCUT2D eigenvalue weighted by Crippen LogP contribution is 2.27. The number of urea groups is 1. The number of halogens is 1. The van der Waals surface area contributed by atoms with Crippen molar-refractivity contribution in [3.63, 3.8) is 0 Å². The molecule has 1 atom stereocenters. The zero-order valence-corrected chi connectivity index (χ0v) is 14.7. The van der Waals surface area contributed by atoms with Crippen LogP contribution in [-0.2, 0) is 9.47 Å². The van der Waals surface area contributed by atoms with Gasteiger partial charge >= 0.3 is 6.03 Å². The molecule has 3 rings (SSSR count). The number of morpholine rings is 1. The number of hydrogen-bond donors (Lipinski definition) is 2. The summed E-state index contributed by atoms with van der Waals surface area (Å²) in [4.78, 5) is 14.7. The van der Waals surface area contributed by atoms with Gasteiger partial charge in [-0.3, -0.25) is 4.90 Å². The van der Waals surface area contributed by atoms with Crippen molar-refractivity contribution in [3.05, 3.63) is 28.8 Å². The number of nitrogens with zero attached hydrogens (tertiary/aromatic N) is 1. The van der Waals surface area contributed by atoms with E-state index < -0.39 is 0 Å². The summed E-state index contributed by atoms with van der Waals surface area (Å²) in [5.74, 6) is 0. The average Bonchev–Trinajstić information content (AvgIpc) is 3.08. The van der Waals surface area contributed by atoms with Gasteiger partial charge in [-0.05, 0) is 31.0 Å². The van der Waals surface area contributed by atoms with Crippen molar-refractivity contribution < 1.29 is 14.3 Å². The molecule has 0 bridgehead atoms. The predicted octanol–water partition coefficient (Wildman–Crippen LogP) is 2.26. The smallest absolute Gasteiger partial charge is 0.319 e. The number of carbonyl (C=O) groups is 1. The van der Waals surface area contributed by atoms with E-state index >= 15 is 0 Å². The number of rotatable bonds is 4. The molecular formula is C17H24ClN3O3. The summed E-state index contributed by atoms with van der Waals surface area (Å²) >= 11 is 6.09. The molecule has 2 aliphatic rings. The van der Waals surface area contributed by atoms with Crippen molar-refractivity contribution in [2.24, 2.45) is 0 Å². The monoisotopic (exact) mass is 353 g/mol. The van der Waals surface area contributed by atoms with Crippen molar-refractivity contribution in [1.82, 2.24) is 10.2 Å². The molecule has 6 nitrogen and oxygen atoms in total. The summed E-state index contributed by atoms with van der Waals surface area (Å²) in [6, 6.07) is 5.26. The van der Waals surface area contributed by atoms with Crippen molar-refractivity contribution >= 4 is 23.3 Å². The molecule has 0 spiro atoms. The van der Waals surface area contributed by atoms with Gasteiger partial charge < -0.3 is 20.1 Å². The Hall–Kier alpha value is -1.34. The first-order chi connectivity index (χ1) is 11.6. The van der Waals surface area contributed by atoms with Gasteiger partial charge in [-0.15, -0.1) is 0 Å². The van der Waals surface area contributed by atoms with Gasteiger partial charge in [0.2, 0.25) is 0 Å². The van der Waals surface area contributed by atoms with Crippen LogP contribution in [0.5, 0.6) is 0 Å². The highest BCUT2D eigenvalue weighted by atomic mass is 35.5.